The number of nitro benzene ring substituents is 1. The van der Waals surface area contributed by atoms with Crippen molar-refractivity contribution in [1.29, 1.82) is 0 Å². The fraction of sp³-hybridized carbons (Fsp3) is 0.133. The number of rotatable bonds is 4. The fourth-order valence-electron chi connectivity index (χ4n) is 2.10. The molecule has 0 radical (unpaired) electrons. The largest absolute Gasteiger partial charge is 0.326 e. The second-order valence-electron chi connectivity index (χ2n) is 4.54. The van der Waals surface area contributed by atoms with Gasteiger partial charge in [0, 0.05) is 18.3 Å². The highest BCUT2D eigenvalue weighted by molar-refractivity contribution is 6.08. The number of nitro groups is 1. The topological polar surface area (TPSA) is 98.3 Å². The van der Waals surface area contributed by atoms with E-state index in [0.29, 0.717) is 11.3 Å². The van der Waals surface area contributed by atoms with E-state index in [9.17, 15) is 14.9 Å². The highest BCUT2D eigenvalue weighted by atomic mass is 16.6. The van der Waals surface area contributed by atoms with Gasteiger partial charge in [-0.15, -0.1) is 0 Å². The number of nitrogens with one attached hydrogen (secondary N) is 1. The Hall–Kier alpha value is -2.73. The molecule has 0 saturated carbocycles. The first-order valence-corrected chi connectivity index (χ1v) is 6.38. The molecule has 0 aliphatic carbocycles. The van der Waals surface area contributed by atoms with Gasteiger partial charge in [-0.1, -0.05) is 30.3 Å². The fourth-order valence-corrected chi connectivity index (χ4v) is 2.10. The van der Waals surface area contributed by atoms with Gasteiger partial charge in [-0.2, -0.15) is 0 Å². The molecule has 2 aromatic carbocycles. The van der Waals surface area contributed by atoms with Crippen molar-refractivity contribution in [2.75, 3.05) is 5.32 Å². The summed E-state index contributed by atoms with van der Waals surface area (Å²) in [6.07, 6.45) is 0. The molecule has 6 heteroatoms. The van der Waals surface area contributed by atoms with Crippen LogP contribution in [0.25, 0.3) is 0 Å². The van der Waals surface area contributed by atoms with E-state index in [0.717, 1.165) is 5.56 Å². The maximum absolute atomic E-state index is 12.4. The van der Waals surface area contributed by atoms with Gasteiger partial charge >= 0.3 is 0 Å². The van der Waals surface area contributed by atoms with E-state index in [1.807, 2.05) is 6.07 Å². The van der Waals surface area contributed by atoms with Crippen LogP contribution >= 0.6 is 0 Å². The lowest BCUT2D eigenvalue weighted by atomic mass is 10.1. The van der Waals surface area contributed by atoms with Gasteiger partial charge in [-0.05, 0) is 24.1 Å². The molecular weight excluding hydrogens is 270 g/mol. The second-order valence-corrected chi connectivity index (χ2v) is 4.54. The number of hydrogen-bond donors (Lipinski definition) is 2. The summed E-state index contributed by atoms with van der Waals surface area (Å²) in [6.45, 7) is 1.93. The number of carbonyl (C=O) groups is 1. The quantitative estimate of drug-likeness (QED) is 0.666. The summed E-state index contributed by atoms with van der Waals surface area (Å²) in [5.41, 5.74) is 7.34. The zero-order valence-corrected chi connectivity index (χ0v) is 11.5. The predicted octanol–water partition coefficient (Wildman–Crippen LogP) is 2.61. The molecule has 108 valence electrons. The number of nitrogens with two attached hydrogens (primary N) is 1. The van der Waals surface area contributed by atoms with Gasteiger partial charge in [0.25, 0.3) is 11.6 Å². The van der Waals surface area contributed by atoms with Crippen LogP contribution in [-0.2, 0) is 6.54 Å². The monoisotopic (exact) mass is 285 g/mol. The van der Waals surface area contributed by atoms with Gasteiger partial charge in [-0.3, -0.25) is 14.9 Å². The highest BCUT2D eigenvalue weighted by Crippen LogP contribution is 2.24. The van der Waals surface area contributed by atoms with E-state index in [2.05, 4.69) is 5.32 Å². The molecular formula is C15H15N3O3. The number of amides is 1. The Bertz CT molecular complexity index is 698. The van der Waals surface area contributed by atoms with E-state index in [4.69, 9.17) is 5.73 Å². The summed E-state index contributed by atoms with van der Waals surface area (Å²) < 4.78 is 0. The molecule has 0 fully saturated rings. The Morgan fingerprint density at radius 1 is 1.24 bits per heavy atom. The first-order chi connectivity index (χ1) is 10.0. The van der Waals surface area contributed by atoms with Crippen LogP contribution in [0.3, 0.4) is 0 Å². The molecule has 0 unspecified atom stereocenters. The second kappa shape index (κ2) is 6.15. The number of anilines is 1. The number of nitrogens with zero attached hydrogens (tertiary/aromatic N) is 1. The van der Waals surface area contributed by atoms with Crippen LogP contribution in [-0.4, -0.2) is 10.8 Å². The van der Waals surface area contributed by atoms with E-state index >= 15 is 0 Å². The van der Waals surface area contributed by atoms with Crippen LogP contribution in [0, 0.1) is 17.0 Å². The first-order valence-electron chi connectivity index (χ1n) is 6.38. The zero-order valence-electron chi connectivity index (χ0n) is 11.5. The van der Waals surface area contributed by atoms with Crippen LogP contribution in [0.4, 0.5) is 11.4 Å². The summed E-state index contributed by atoms with van der Waals surface area (Å²) in [4.78, 5) is 22.9. The van der Waals surface area contributed by atoms with Crippen molar-refractivity contribution in [3.05, 3.63) is 69.3 Å². The molecule has 0 saturated heterocycles. The minimum absolute atomic E-state index is 0.0642. The Balaban J connectivity index is 2.39. The number of carbonyl (C=O) groups excluding carboxylic acids is 1. The van der Waals surface area contributed by atoms with Gasteiger partial charge in [0.1, 0.15) is 5.56 Å². The molecule has 1 amide bonds. The average molecular weight is 285 g/mol. The van der Waals surface area contributed by atoms with Crippen LogP contribution < -0.4 is 11.1 Å². The molecule has 3 N–H and O–H groups in total. The molecule has 0 atom stereocenters. The molecule has 0 spiro atoms. The summed E-state index contributed by atoms with van der Waals surface area (Å²) in [5.74, 6) is -0.513. The smallest absolute Gasteiger partial charge is 0.282 e. The van der Waals surface area contributed by atoms with Crippen molar-refractivity contribution < 1.29 is 9.72 Å². The Morgan fingerprint density at radius 3 is 2.62 bits per heavy atom. The first kappa shape index (κ1) is 14.7. The highest BCUT2D eigenvalue weighted by Gasteiger charge is 2.22. The molecule has 0 heterocycles. The van der Waals surface area contributed by atoms with Crippen molar-refractivity contribution in [1.82, 2.24) is 0 Å². The van der Waals surface area contributed by atoms with Crippen LogP contribution in [0.5, 0.6) is 0 Å². The Labute approximate surface area is 121 Å². The summed E-state index contributed by atoms with van der Waals surface area (Å²) in [6, 6.07) is 11.6. The van der Waals surface area contributed by atoms with E-state index < -0.39 is 10.8 Å². The molecule has 0 aromatic heterocycles. The van der Waals surface area contributed by atoms with Crippen molar-refractivity contribution >= 4 is 17.3 Å². The third-order valence-electron chi connectivity index (χ3n) is 3.16. The molecule has 21 heavy (non-hydrogen) atoms. The minimum Gasteiger partial charge on any atom is -0.326 e. The SMILES string of the molecule is Cc1cccc([N+](=O)[O-])c1C(=O)Nc1ccccc1CN. The van der Waals surface area contributed by atoms with Gasteiger partial charge < -0.3 is 11.1 Å². The summed E-state index contributed by atoms with van der Waals surface area (Å²) in [7, 11) is 0. The minimum atomic E-state index is -0.559. The predicted molar refractivity (Wildman–Crippen MR) is 80.1 cm³/mol. The van der Waals surface area contributed by atoms with Crippen LogP contribution in [0.2, 0.25) is 0 Å². The Kier molecular flexibility index (Phi) is 4.30. The third kappa shape index (κ3) is 3.06. The van der Waals surface area contributed by atoms with Crippen LogP contribution in [0.15, 0.2) is 42.5 Å². The number of aryl methyl sites for hydroxylation is 1. The molecule has 2 rings (SSSR count). The Morgan fingerprint density at radius 2 is 1.95 bits per heavy atom. The third-order valence-corrected chi connectivity index (χ3v) is 3.16. The number of benzene rings is 2. The van der Waals surface area contributed by atoms with Crippen molar-refractivity contribution in [2.24, 2.45) is 5.73 Å². The van der Waals surface area contributed by atoms with E-state index in [-0.39, 0.29) is 17.8 Å². The molecule has 0 aliphatic rings. The summed E-state index contributed by atoms with van der Waals surface area (Å²) in [5, 5.41) is 13.7. The normalized spacial score (nSPS) is 10.2. The van der Waals surface area contributed by atoms with Gasteiger partial charge in [0.15, 0.2) is 0 Å². The summed E-state index contributed by atoms with van der Waals surface area (Å²) >= 11 is 0. The zero-order chi connectivity index (χ0) is 15.4. The molecule has 2 aromatic rings. The van der Waals surface area contributed by atoms with Crippen molar-refractivity contribution in [2.45, 2.75) is 13.5 Å². The molecule has 6 nitrogen and oxygen atoms in total. The van der Waals surface area contributed by atoms with E-state index in [1.54, 1.807) is 37.3 Å². The van der Waals surface area contributed by atoms with Gasteiger partial charge in [0.2, 0.25) is 0 Å². The maximum atomic E-state index is 12.4. The molecule has 0 bridgehead atoms. The van der Waals surface area contributed by atoms with E-state index in [1.165, 1.54) is 6.07 Å². The standard InChI is InChI=1S/C15H15N3O3/c1-10-5-4-8-13(18(20)21)14(10)15(19)17-12-7-3-2-6-11(12)9-16/h2-8H,9,16H2,1H3,(H,17,19). The molecule has 0 aliphatic heterocycles. The lowest BCUT2D eigenvalue weighted by molar-refractivity contribution is -0.385. The lowest BCUT2D eigenvalue weighted by Crippen LogP contribution is -2.17. The maximum Gasteiger partial charge on any atom is 0.282 e. The van der Waals surface area contributed by atoms with Gasteiger partial charge in [-0.25, -0.2) is 0 Å². The number of para-hydroxylation sites is 1. The van der Waals surface area contributed by atoms with Crippen molar-refractivity contribution in [3.63, 3.8) is 0 Å². The average Bonchev–Trinajstić information content (AvgIpc) is 2.47. The number of hydrogen-bond acceptors (Lipinski definition) is 4. The van der Waals surface area contributed by atoms with Gasteiger partial charge in [0.05, 0.1) is 4.92 Å². The lowest BCUT2D eigenvalue weighted by Gasteiger charge is -2.11. The van der Waals surface area contributed by atoms with Crippen molar-refractivity contribution in [3.8, 4) is 0 Å². The van der Waals surface area contributed by atoms with Crippen LogP contribution in [0.1, 0.15) is 21.5 Å².